The van der Waals surface area contributed by atoms with Gasteiger partial charge in [0.05, 0.1) is 4.90 Å². The number of likely N-dealkylation sites (tertiary alicyclic amines) is 1. The Bertz CT molecular complexity index is 839. The molecule has 2 heterocycles. The predicted octanol–water partition coefficient (Wildman–Crippen LogP) is 1.12. The van der Waals surface area contributed by atoms with Crippen LogP contribution in [-0.2, 0) is 10.0 Å². The number of guanidine groups is 1. The Morgan fingerprint density at radius 1 is 1.33 bits per heavy atom. The lowest BCUT2D eigenvalue weighted by molar-refractivity contribution is 0.264. The third kappa shape index (κ3) is 3.49. The zero-order valence-electron chi connectivity index (χ0n) is 13.3. The molecule has 2 aromatic rings. The minimum atomic E-state index is -3.57. The number of hydrogen-bond acceptors (Lipinski definition) is 4. The van der Waals surface area contributed by atoms with Gasteiger partial charge in [-0.25, -0.2) is 13.1 Å². The Labute approximate surface area is 141 Å². The molecule has 1 saturated heterocycles. The first kappa shape index (κ1) is 16.7. The number of fused-ring (bicyclic) bond motifs is 1. The number of pyridine rings is 1. The van der Waals surface area contributed by atoms with Gasteiger partial charge in [-0.05, 0) is 30.9 Å². The number of rotatable bonds is 4. The Hall–Kier alpha value is -2.19. The molecule has 8 heteroatoms. The number of benzene rings is 1. The van der Waals surface area contributed by atoms with Crippen LogP contribution in [0.2, 0.25) is 0 Å². The number of nitrogens with two attached hydrogens (primary N) is 1. The average Bonchev–Trinajstić information content (AvgIpc) is 2.60. The van der Waals surface area contributed by atoms with Gasteiger partial charge in [0.1, 0.15) is 0 Å². The molecule has 0 amide bonds. The molecule has 1 aromatic carbocycles. The van der Waals surface area contributed by atoms with E-state index >= 15 is 0 Å². The van der Waals surface area contributed by atoms with Crippen molar-refractivity contribution in [2.24, 2.45) is 11.7 Å². The molecule has 1 fully saturated rings. The van der Waals surface area contributed by atoms with Gasteiger partial charge in [-0.2, -0.15) is 0 Å². The summed E-state index contributed by atoms with van der Waals surface area (Å²) in [5, 5.41) is 8.91. The van der Waals surface area contributed by atoms with Crippen LogP contribution < -0.4 is 10.5 Å². The SMILES string of the molecule is N=C(N)N1CCC(CNS(=O)(=O)c2cccc3cnccc23)CC1. The van der Waals surface area contributed by atoms with Gasteiger partial charge in [0, 0.05) is 42.8 Å². The lowest BCUT2D eigenvalue weighted by Gasteiger charge is -2.32. The molecule has 0 unspecified atom stereocenters. The highest BCUT2D eigenvalue weighted by Crippen LogP contribution is 2.23. The summed E-state index contributed by atoms with van der Waals surface area (Å²) >= 11 is 0. The molecular formula is C16H21N5O2S. The highest BCUT2D eigenvalue weighted by Gasteiger charge is 2.23. The number of aromatic nitrogens is 1. The van der Waals surface area contributed by atoms with Crippen molar-refractivity contribution in [2.75, 3.05) is 19.6 Å². The van der Waals surface area contributed by atoms with Crippen molar-refractivity contribution in [3.63, 3.8) is 0 Å². The van der Waals surface area contributed by atoms with Crippen molar-refractivity contribution in [3.8, 4) is 0 Å². The van der Waals surface area contributed by atoms with Crippen molar-refractivity contribution >= 4 is 26.8 Å². The molecule has 24 heavy (non-hydrogen) atoms. The fourth-order valence-electron chi connectivity index (χ4n) is 3.01. The first-order valence-corrected chi connectivity index (χ1v) is 9.37. The quantitative estimate of drug-likeness (QED) is 0.567. The first-order valence-electron chi connectivity index (χ1n) is 7.89. The van der Waals surface area contributed by atoms with Crippen molar-refractivity contribution in [2.45, 2.75) is 17.7 Å². The third-order valence-corrected chi connectivity index (χ3v) is 5.93. The van der Waals surface area contributed by atoms with E-state index in [0.29, 0.717) is 25.0 Å². The topological polar surface area (TPSA) is 112 Å². The Balaban J connectivity index is 1.69. The van der Waals surface area contributed by atoms with Gasteiger partial charge in [0.15, 0.2) is 5.96 Å². The minimum Gasteiger partial charge on any atom is -0.370 e. The van der Waals surface area contributed by atoms with E-state index in [-0.39, 0.29) is 16.8 Å². The van der Waals surface area contributed by atoms with Crippen LogP contribution >= 0.6 is 0 Å². The number of sulfonamides is 1. The molecule has 1 aliphatic heterocycles. The Morgan fingerprint density at radius 2 is 2.08 bits per heavy atom. The maximum absolute atomic E-state index is 12.7. The van der Waals surface area contributed by atoms with E-state index in [4.69, 9.17) is 11.1 Å². The number of piperidine rings is 1. The van der Waals surface area contributed by atoms with Gasteiger partial charge in [-0.1, -0.05) is 12.1 Å². The zero-order chi connectivity index (χ0) is 17.2. The summed E-state index contributed by atoms with van der Waals surface area (Å²) < 4.78 is 28.1. The van der Waals surface area contributed by atoms with E-state index in [2.05, 4.69) is 9.71 Å². The largest absolute Gasteiger partial charge is 0.370 e. The van der Waals surface area contributed by atoms with E-state index < -0.39 is 10.0 Å². The van der Waals surface area contributed by atoms with E-state index in [0.717, 1.165) is 18.2 Å². The van der Waals surface area contributed by atoms with E-state index in [1.54, 1.807) is 30.6 Å². The fourth-order valence-corrected chi connectivity index (χ4v) is 4.35. The van der Waals surface area contributed by atoms with Crippen molar-refractivity contribution in [3.05, 3.63) is 36.7 Å². The van der Waals surface area contributed by atoms with E-state index in [1.807, 2.05) is 11.0 Å². The van der Waals surface area contributed by atoms with E-state index in [9.17, 15) is 8.42 Å². The molecule has 0 radical (unpaired) electrons. The molecule has 0 spiro atoms. The Kier molecular flexibility index (Phi) is 4.68. The van der Waals surface area contributed by atoms with Crippen LogP contribution in [0, 0.1) is 11.3 Å². The number of hydrogen-bond donors (Lipinski definition) is 3. The molecule has 7 nitrogen and oxygen atoms in total. The summed E-state index contributed by atoms with van der Waals surface area (Å²) in [6, 6.07) is 6.90. The van der Waals surface area contributed by atoms with Gasteiger partial charge in [0.2, 0.25) is 10.0 Å². The molecule has 4 N–H and O–H groups in total. The lowest BCUT2D eigenvalue weighted by atomic mass is 9.97. The normalized spacial score (nSPS) is 16.4. The van der Waals surface area contributed by atoms with Gasteiger partial charge in [0.25, 0.3) is 0 Å². The van der Waals surface area contributed by atoms with Gasteiger partial charge in [-0.15, -0.1) is 0 Å². The van der Waals surface area contributed by atoms with Crippen molar-refractivity contribution in [1.82, 2.24) is 14.6 Å². The molecule has 3 rings (SSSR count). The second kappa shape index (κ2) is 6.74. The highest BCUT2D eigenvalue weighted by molar-refractivity contribution is 7.89. The monoisotopic (exact) mass is 347 g/mol. The number of nitrogens with zero attached hydrogens (tertiary/aromatic N) is 2. The summed E-state index contributed by atoms with van der Waals surface area (Å²) in [4.78, 5) is 6.12. The maximum atomic E-state index is 12.7. The molecule has 1 aliphatic rings. The second-order valence-corrected chi connectivity index (χ2v) is 7.76. The number of nitrogens with one attached hydrogen (secondary N) is 2. The molecule has 0 aliphatic carbocycles. The lowest BCUT2D eigenvalue weighted by Crippen LogP contribution is -2.44. The molecular weight excluding hydrogens is 326 g/mol. The second-order valence-electron chi connectivity index (χ2n) is 6.02. The van der Waals surface area contributed by atoms with Crippen molar-refractivity contribution < 1.29 is 8.42 Å². The van der Waals surface area contributed by atoms with Crippen LogP contribution in [0.25, 0.3) is 10.8 Å². The summed E-state index contributed by atoms with van der Waals surface area (Å²) in [6.07, 6.45) is 4.90. The van der Waals surface area contributed by atoms with Gasteiger partial charge in [-0.3, -0.25) is 10.4 Å². The fraction of sp³-hybridized carbons (Fsp3) is 0.375. The third-order valence-electron chi connectivity index (χ3n) is 4.45. The van der Waals surface area contributed by atoms with Crippen LogP contribution in [0.3, 0.4) is 0 Å². The summed E-state index contributed by atoms with van der Waals surface area (Å²) in [5.74, 6) is 0.338. The molecule has 0 atom stereocenters. The smallest absolute Gasteiger partial charge is 0.241 e. The molecule has 0 bridgehead atoms. The minimum absolute atomic E-state index is 0.0818. The van der Waals surface area contributed by atoms with E-state index in [1.165, 1.54) is 0 Å². The van der Waals surface area contributed by atoms with Gasteiger partial charge < -0.3 is 10.6 Å². The molecule has 0 saturated carbocycles. The molecule has 128 valence electrons. The van der Waals surface area contributed by atoms with Crippen LogP contribution in [-0.4, -0.2) is 43.9 Å². The average molecular weight is 347 g/mol. The highest BCUT2D eigenvalue weighted by atomic mass is 32.2. The maximum Gasteiger partial charge on any atom is 0.241 e. The van der Waals surface area contributed by atoms with Crippen LogP contribution in [0.4, 0.5) is 0 Å². The summed E-state index contributed by atoms with van der Waals surface area (Å²) in [7, 11) is -3.57. The molecule has 1 aromatic heterocycles. The predicted molar refractivity (Wildman–Crippen MR) is 93.1 cm³/mol. The zero-order valence-corrected chi connectivity index (χ0v) is 14.1. The standard InChI is InChI=1S/C16H21N5O2S/c17-16(18)21-8-5-12(6-9-21)10-20-24(22,23)15-3-1-2-13-11-19-7-4-14(13)15/h1-4,7,11-12,20H,5-6,8-10H2,(H3,17,18). The van der Waals surface area contributed by atoms with Crippen LogP contribution in [0.5, 0.6) is 0 Å². The van der Waals surface area contributed by atoms with Crippen LogP contribution in [0.1, 0.15) is 12.8 Å². The first-order chi connectivity index (χ1) is 11.5. The summed E-state index contributed by atoms with van der Waals surface area (Å²) in [5.41, 5.74) is 5.48. The summed E-state index contributed by atoms with van der Waals surface area (Å²) in [6.45, 7) is 1.79. The van der Waals surface area contributed by atoms with Gasteiger partial charge >= 0.3 is 0 Å². The van der Waals surface area contributed by atoms with Crippen LogP contribution in [0.15, 0.2) is 41.6 Å². The Morgan fingerprint density at radius 3 is 2.79 bits per heavy atom. The van der Waals surface area contributed by atoms with Crippen molar-refractivity contribution in [1.29, 1.82) is 5.41 Å².